The summed E-state index contributed by atoms with van der Waals surface area (Å²) in [5.74, 6) is -2.93. The predicted octanol–water partition coefficient (Wildman–Crippen LogP) is 7.23. The van der Waals surface area contributed by atoms with Crippen LogP contribution in [0, 0.1) is 5.82 Å². The third-order valence-corrected chi connectivity index (χ3v) is 10.00. The van der Waals surface area contributed by atoms with Gasteiger partial charge in [-0.15, -0.1) is 10.2 Å². The van der Waals surface area contributed by atoms with Crippen LogP contribution < -0.4 is 14.4 Å². The van der Waals surface area contributed by atoms with Crippen LogP contribution in [0.3, 0.4) is 0 Å². The Labute approximate surface area is 273 Å². The van der Waals surface area contributed by atoms with E-state index >= 15 is 0 Å². The number of Topliss-reactive ketones (excluding diaryl/α,β-unsaturated/α-hetero) is 1. The Balaban J connectivity index is 1.42. The van der Waals surface area contributed by atoms with Gasteiger partial charge in [-0.1, -0.05) is 65.6 Å². The first-order valence-corrected chi connectivity index (χ1v) is 16.0. The van der Waals surface area contributed by atoms with Gasteiger partial charge in [0.15, 0.2) is 27.4 Å². The molecule has 2 heterocycles. The number of nitrogens with zero attached hydrogens (tertiary/aromatic N) is 3. The van der Waals surface area contributed by atoms with Crippen LogP contribution in [0.5, 0.6) is 17.2 Å². The molecule has 4 aromatic carbocycles. The lowest BCUT2D eigenvalue weighted by molar-refractivity contribution is -0.132. The number of anilines is 1. The van der Waals surface area contributed by atoms with Crippen molar-refractivity contribution in [2.75, 3.05) is 19.1 Å². The zero-order chi connectivity index (χ0) is 31.8. The highest BCUT2D eigenvalue weighted by Crippen LogP contribution is 2.47. The molecule has 0 saturated carbocycles. The number of amides is 1. The molecule has 1 unspecified atom stereocenters. The second-order valence-corrected chi connectivity index (χ2v) is 12.9. The number of aliphatic hydroxyl groups is 1. The second kappa shape index (κ2) is 12.5. The number of ketones is 1. The van der Waals surface area contributed by atoms with E-state index in [1.165, 1.54) is 50.2 Å². The number of phenols is 1. The Bertz CT molecular complexity index is 2010. The van der Waals surface area contributed by atoms with Crippen molar-refractivity contribution in [1.82, 2.24) is 10.2 Å². The van der Waals surface area contributed by atoms with Gasteiger partial charge in [-0.05, 0) is 68.2 Å². The number of hydrogen-bond acceptors (Lipinski definition) is 10. The van der Waals surface area contributed by atoms with Crippen molar-refractivity contribution in [2.24, 2.45) is 0 Å². The highest BCUT2D eigenvalue weighted by Gasteiger charge is 2.49. The van der Waals surface area contributed by atoms with E-state index in [0.29, 0.717) is 15.7 Å². The standard InChI is InChI=1S/C32H23BrFN3O6S2/c1-42-23-11-10-17(13-22(23)34)27(38)25-26(19-12-21(33)28(39)24(14-19)43-2)37(30(41)29(25)40)31-35-36-32(45-31)44-15-18-8-5-7-16-6-3-4-9-20(16)18/h3-14,26,38-39H,15H2,1-2H3. The fourth-order valence-corrected chi connectivity index (χ4v) is 7.47. The number of carbonyl (C=O) groups is 2. The highest BCUT2D eigenvalue weighted by molar-refractivity contribution is 9.10. The van der Waals surface area contributed by atoms with Gasteiger partial charge in [0, 0.05) is 11.3 Å². The van der Waals surface area contributed by atoms with Crippen LogP contribution in [0.25, 0.3) is 16.5 Å². The highest BCUT2D eigenvalue weighted by atomic mass is 79.9. The SMILES string of the molecule is COc1ccc(C(O)=C2C(=O)C(=O)N(c3nnc(SCc4cccc5ccccc45)s3)C2c2cc(Br)c(O)c(OC)c2)cc1F. The molecule has 1 saturated heterocycles. The first kappa shape index (κ1) is 30.6. The van der Waals surface area contributed by atoms with Crippen LogP contribution in [0.2, 0.25) is 0 Å². The van der Waals surface area contributed by atoms with Crippen molar-refractivity contribution >= 4 is 72.4 Å². The number of thioether (sulfide) groups is 1. The molecule has 0 bridgehead atoms. The third-order valence-electron chi connectivity index (χ3n) is 7.29. The van der Waals surface area contributed by atoms with E-state index in [-0.39, 0.29) is 38.0 Å². The summed E-state index contributed by atoms with van der Waals surface area (Å²) in [6, 6.07) is 19.5. The third kappa shape index (κ3) is 5.62. The van der Waals surface area contributed by atoms with E-state index in [4.69, 9.17) is 9.47 Å². The van der Waals surface area contributed by atoms with Crippen molar-refractivity contribution in [3.05, 3.63) is 105 Å². The van der Waals surface area contributed by atoms with Gasteiger partial charge in [0.1, 0.15) is 5.76 Å². The zero-order valence-corrected chi connectivity index (χ0v) is 26.9. The number of hydrogen-bond donors (Lipinski definition) is 2. The molecule has 9 nitrogen and oxygen atoms in total. The van der Waals surface area contributed by atoms with Crippen molar-refractivity contribution in [3.63, 3.8) is 0 Å². The van der Waals surface area contributed by atoms with Crippen LogP contribution >= 0.6 is 39.0 Å². The molecule has 1 aliphatic rings. The van der Waals surface area contributed by atoms with Gasteiger partial charge >= 0.3 is 5.91 Å². The molecule has 5 aromatic rings. The van der Waals surface area contributed by atoms with Crippen LogP contribution in [-0.4, -0.2) is 46.3 Å². The van der Waals surface area contributed by atoms with Crippen LogP contribution in [0.15, 0.2) is 87.2 Å². The molecule has 13 heteroatoms. The number of aliphatic hydroxyl groups excluding tert-OH is 1. The number of aromatic hydroxyl groups is 1. The quantitative estimate of drug-likeness (QED) is 0.0565. The summed E-state index contributed by atoms with van der Waals surface area (Å²) >= 11 is 5.84. The fourth-order valence-electron chi connectivity index (χ4n) is 5.14. The van der Waals surface area contributed by atoms with Crippen molar-refractivity contribution in [3.8, 4) is 17.2 Å². The van der Waals surface area contributed by atoms with Gasteiger partial charge in [0.2, 0.25) is 5.13 Å². The predicted molar refractivity (Wildman–Crippen MR) is 174 cm³/mol. The molecule has 1 atom stereocenters. The van der Waals surface area contributed by atoms with Crippen LogP contribution in [-0.2, 0) is 15.3 Å². The molecule has 2 N–H and O–H groups in total. The number of rotatable bonds is 8. The maximum absolute atomic E-state index is 14.6. The minimum absolute atomic E-state index is 0.0373. The minimum Gasteiger partial charge on any atom is -0.507 e. The number of halogens is 2. The molecule has 1 fully saturated rings. The summed E-state index contributed by atoms with van der Waals surface area (Å²) in [4.78, 5) is 28.3. The minimum atomic E-state index is -1.22. The average molecular weight is 709 g/mol. The molecule has 0 radical (unpaired) electrons. The van der Waals surface area contributed by atoms with Gasteiger partial charge in [-0.25, -0.2) is 4.39 Å². The number of aromatic nitrogens is 2. The molecule has 1 aromatic heterocycles. The fraction of sp³-hybridized carbons (Fsp3) is 0.125. The van der Waals surface area contributed by atoms with Gasteiger partial charge in [-0.2, -0.15) is 0 Å². The van der Waals surface area contributed by atoms with Gasteiger partial charge in [0.25, 0.3) is 5.78 Å². The molecule has 228 valence electrons. The van der Waals surface area contributed by atoms with E-state index in [9.17, 15) is 24.2 Å². The lowest BCUT2D eigenvalue weighted by Crippen LogP contribution is -2.29. The van der Waals surface area contributed by atoms with Gasteiger partial charge in [-0.3, -0.25) is 14.5 Å². The summed E-state index contributed by atoms with van der Waals surface area (Å²) in [6.07, 6.45) is 0. The Morgan fingerprint density at radius 3 is 2.53 bits per heavy atom. The molecule has 6 rings (SSSR count). The van der Waals surface area contributed by atoms with Gasteiger partial charge in [0.05, 0.1) is 30.3 Å². The number of fused-ring (bicyclic) bond motifs is 1. The lowest BCUT2D eigenvalue weighted by atomic mass is 9.95. The summed E-state index contributed by atoms with van der Waals surface area (Å²) < 4.78 is 25.7. The normalized spacial score (nSPS) is 16.0. The number of carbonyl (C=O) groups excluding carboxylic acids is 2. The summed E-state index contributed by atoms with van der Waals surface area (Å²) in [5.41, 5.74) is 1.07. The molecule has 1 amide bonds. The maximum atomic E-state index is 14.6. The smallest absolute Gasteiger partial charge is 0.301 e. The van der Waals surface area contributed by atoms with Crippen molar-refractivity contribution in [2.45, 2.75) is 16.1 Å². The summed E-state index contributed by atoms with van der Waals surface area (Å²) in [6.45, 7) is 0. The molecule has 1 aliphatic heterocycles. The summed E-state index contributed by atoms with van der Waals surface area (Å²) in [7, 11) is 2.66. The summed E-state index contributed by atoms with van der Waals surface area (Å²) in [5, 5.41) is 32.7. The first-order valence-electron chi connectivity index (χ1n) is 13.4. The zero-order valence-electron chi connectivity index (χ0n) is 23.7. The topological polar surface area (TPSA) is 122 Å². The second-order valence-electron chi connectivity index (χ2n) is 9.85. The van der Waals surface area contributed by atoms with Crippen LogP contribution in [0.1, 0.15) is 22.7 Å². The largest absolute Gasteiger partial charge is 0.507 e. The number of ether oxygens (including phenoxy) is 2. The van der Waals surface area contributed by atoms with E-state index < -0.39 is 29.3 Å². The van der Waals surface area contributed by atoms with Crippen molar-refractivity contribution in [1.29, 1.82) is 0 Å². The van der Waals surface area contributed by atoms with E-state index in [0.717, 1.165) is 38.6 Å². The Hall–Kier alpha value is -4.46. The lowest BCUT2D eigenvalue weighted by Gasteiger charge is -2.23. The number of methoxy groups -OCH3 is 2. The maximum Gasteiger partial charge on any atom is 0.301 e. The van der Waals surface area contributed by atoms with Gasteiger partial charge < -0.3 is 19.7 Å². The van der Waals surface area contributed by atoms with E-state index in [1.54, 1.807) is 0 Å². The molecular weight excluding hydrogens is 685 g/mol. The van der Waals surface area contributed by atoms with Crippen LogP contribution in [0.4, 0.5) is 9.52 Å². The van der Waals surface area contributed by atoms with E-state index in [1.807, 2.05) is 36.4 Å². The van der Waals surface area contributed by atoms with Crippen molar-refractivity contribution < 1.29 is 33.7 Å². The molecule has 45 heavy (non-hydrogen) atoms. The number of benzene rings is 4. The van der Waals surface area contributed by atoms with E-state index in [2.05, 4.69) is 32.2 Å². The average Bonchev–Trinajstić information content (AvgIpc) is 3.62. The Kier molecular flexibility index (Phi) is 8.49. The first-order chi connectivity index (χ1) is 21.7. The molecule has 0 aliphatic carbocycles. The monoisotopic (exact) mass is 707 g/mol. The Morgan fingerprint density at radius 2 is 1.78 bits per heavy atom. The molecular formula is C32H23BrFN3O6S2. The Morgan fingerprint density at radius 1 is 1.02 bits per heavy atom. The number of phenolic OH excluding ortho intramolecular Hbond substituents is 1. The molecule has 0 spiro atoms.